The van der Waals surface area contributed by atoms with E-state index >= 15 is 0 Å². The summed E-state index contributed by atoms with van der Waals surface area (Å²) >= 11 is 0. The van der Waals surface area contributed by atoms with E-state index in [1.54, 1.807) is 4.57 Å². The minimum Gasteiger partial charge on any atom is -0.503 e. The van der Waals surface area contributed by atoms with Crippen LogP contribution < -0.4 is 5.43 Å². The molecule has 3 rings (SSSR count). The molecule has 0 radical (unpaired) electrons. The Morgan fingerprint density at radius 2 is 2.00 bits per heavy atom. The fourth-order valence-corrected chi connectivity index (χ4v) is 2.03. The summed E-state index contributed by atoms with van der Waals surface area (Å²) in [6.07, 6.45) is 3.02. The Morgan fingerprint density at radius 3 is 2.65 bits per heavy atom. The molecule has 1 aliphatic rings. The van der Waals surface area contributed by atoms with E-state index in [0.717, 1.165) is 18.9 Å². The van der Waals surface area contributed by atoms with Crippen molar-refractivity contribution in [3.05, 3.63) is 40.2 Å². The molecule has 2 aromatic rings. The standard InChI is InChI=1S/C12H9F2NO2/c13-6-3-8(14)11-9(4-6)15(7-1-2-7)5-10(16)12(11)17/h3-5,7,16H,1-2H2. The molecular formula is C12H9F2NO2. The van der Waals surface area contributed by atoms with Gasteiger partial charge in [-0.1, -0.05) is 0 Å². The van der Waals surface area contributed by atoms with E-state index in [1.165, 1.54) is 6.20 Å². The van der Waals surface area contributed by atoms with Crippen molar-refractivity contribution in [3.8, 4) is 5.75 Å². The highest BCUT2D eigenvalue weighted by Crippen LogP contribution is 2.37. The van der Waals surface area contributed by atoms with Crippen LogP contribution in [0.2, 0.25) is 0 Å². The predicted octanol–water partition coefficient (Wildman–Crippen LogP) is 2.32. The minimum absolute atomic E-state index is 0.116. The molecule has 0 unspecified atom stereocenters. The van der Waals surface area contributed by atoms with Crippen LogP contribution in [-0.2, 0) is 0 Å². The van der Waals surface area contributed by atoms with Gasteiger partial charge in [-0.3, -0.25) is 4.79 Å². The lowest BCUT2D eigenvalue weighted by Gasteiger charge is -2.10. The number of aromatic nitrogens is 1. The first-order valence-electron chi connectivity index (χ1n) is 5.31. The number of halogens is 2. The van der Waals surface area contributed by atoms with Crippen molar-refractivity contribution in [2.24, 2.45) is 0 Å². The first-order chi connectivity index (χ1) is 8.08. The van der Waals surface area contributed by atoms with Crippen LogP contribution in [0.5, 0.6) is 5.75 Å². The van der Waals surface area contributed by atoms with Crippen LogP contribution in [0.4, 0.5) is 8.78 Å². The third kappa shape index (κ3) is 1.50. The first kappa shape index (κ1) is 10.3. The maximum absolute atomic E-state index is 13.6. The Kier molecular flexibility index (Phi) is 1.98. The Balaban J connectivity index is 2.50. The van der Waals surface area contributed by atoms with Crippen LogP contribution in [0.25, 0.3) is 10.9 Å². The smallest absolute Gasteiger partial charge is 0.233 e. The summed E-state index contributed by atoms with van der Waals surface area (Å²) in [4.78, 5) is 11.6. The van der Waals surface area contributed by atoms with Gasteiger partial charge in [-0.05, 0) is 18.9 Å². The van der Waals surface area contributed by atoms with Crippen molar-refractivity contribution in [2.45, 2.75) is 18.9 Å². The maximum Gasteiger partial charge on any atom is 0.233 e. The number of rotatable bonds is 1. The molecule has 88 valence electrons. The number of aromatic hydroxyl groups is 1. The zero-order chi connectivity index (χ0) is 12.2. The summed E-state index contributed by atoms with van der Waals surface area (Å²) in [5.74, 6) is -2.17. The Bertz CT molecular complexity index is 674. The fraction of sp³-hybridized carbons (Fsp3) is 0.250. The lowest BCUT2D eigenvalue weighted by atomic mass is 10.2. The summed E-state index contributed by atoms with van der Waals surface area (Å²) in [5.41, 5.74) is -0.595. The molecule has 0 saturated heterocycles. The molecular weight excluding hydrogens is 228 g/mol. The molecule has 5 heteroatoms. The van der Waals surface area contributed by atoms with Crippen molar-refractivity contribution >= 4 is 10.9 Å². The molecule has 1 aromatic carbocycles. The van der Waals surface area contributed by atoms with Gasteiger partial charge in [-0.15, -0.1) is 0 Å². The highest BCUT2D eigenvalue weighted by atomic mass is 19.1. The van der Waals surface area contributed by atoms with Gasteiger partial charge in [-0.25, -0.2) is 8.78 Å². The maximum atomic E-state index is 13.6. The molecule has 1 fully saturated rings. The number of nitrogens with zero attached hydrogens (tertiary/aromatic N) is 1. The Morgan fingerprint density at radius 1 is 1.29 bits per heavy atom. The molecule has 1 heterocycles. The van der Waals surface area contributed by atoms with E-state index < -0.39 is 22.8 Å². The molecule has 1 saturated carbocycles. The van der Waals surface area contributed by atoms with Crippen LogP contribution in [-0.4, -0.2) is 9.67 Å². The number of benzene rings is 1. The number of hydrogen-bond acceptors (Lipinski definition) is 2. The Labute approximate surface area is 94.9 Å². The highest BCUT2D eigenvalue weighted by molar-refractivity contribution is 5.81. The molecule has 0 amide bonds. The normalized spacial score (nSPS) is 15.4. The van der Waals surface area contributed by atoms with E-state index in [1.807, 2.05) is 0 Å². The van der Waals surface area contributed by atoms with Crippen LogP contribution >= 0.6 is 0 Å². The van der Waals surface area contributed by atoms with Crippen molar-refractivity contribution in [1.82, 2.24) is 4.57 Å². The van der Waals surface area contributed by atoms with E-state index in [9.17, 15) is 18.7 Å². The molecule has 3 nitrogen and oxygen atoms in total. The summed E-state index contributed by atoms with van der Waals surface area (Å²) in [6.45, 7) is 0. The number of hydrogen-bond donors (Lipinski definition) is 1. The predicted molar refractivity (Wildman–Crippen MR) is 58.1 cm³/mol. The molecule has 17 heavy (non-hydrogen) atoms. The van der Waals surface area contributed by atoms with Crippen molar-refractivity contribution in [1.29, 1.82) is 0 Å². The lowest BCUT2D eigenvalue weighted by Crippen LogP contribution is -2.10. The van der Waals surface area contributed by atoms with E-state index in [2.05, 4.69) is 0 Å². The third-order valence-electron chi connectivity index (χ3n) is 2.97. The average molecular weight is 237 g/mol. The molecule has 0 aliphatic heterocycles. The number of fused-ring (bicyclic) bond motifs is 1. The zero-order valence-corrected chi connectivity index (χ0v) is 8.78. The molecule has 1 N–H and O–H groups in total. The largest absolute Gasteiger partial charge is 0.503 e. The molecule has 1 aliphatic carbocycles. The fourth-order valence-electron chi connectivity index (χ4n) is 2.03. The zero-order valence-electron chi connectivity index (χ0n) is 8.78. The van der Waals surface area contributed by atoms with Crippen LogP contribution in [0.1, 0.15) is 18.9 Å². The number of pyridine rings is 1. The average Bonchev–Trinajstić information content (AvgIpc) is 3.06. The molecule has 0 bridgehead atoms. The third-order valence-corrected chi connectivity index (χ3v) is 2.97. The monoisotopic (exact) mass is 237 g/mol. The van der Waals surface area contributed by atoms with Gasteiger partial charge in [0.2, 0.25) is 5.43 Å². The molecule has 0 atom stereocenters. The van der Waals surface area contributed by atoms with Crippen LogP contribution in [0, 0.1) is 11.6 Å². The summed E-state index contributed by atoms with van der Waals surface area (Å²) < 4.78 is 28.3. The van der Waals surface area contributed by atoms with Gasteiger partial charge in [-0.2, -0.15) is 0 Å². The lowest BCUT2D eigenvalue weighted by molar-refractivity contribution is 0.462. The second-order valence-corrected chi connectivity index (χ2v) is 4.26. The highest BCUT2D eigenvalue weighted by Gasteiger charge is 2.26. The van der Waals surface area contributed by atoms with Gasteiger partial charge in [0.1, 0.15) is 11.6 Å². The van der Waals surface area contributed by atoms with Crippen LogP contribution in [0.15, 0.2) is 23.1 Å². The van der Waals surface area contributed by atoms with E-state index in [0.29, 0.717) is 6.07 Å². The van der Waals surface area contributed by atoms with Crippen molar-refractivity contribution < 1.29 is 13.9 Å². The SMILES string of the molecule is O=c1c(O)cn(C2CC2)c2cc(F)cc(F)c12. The van der Waals surface area contributed by atoms with E-state index in [4.69, 9.17) is 0 Å². The Hall–Kier alpha value is -1.91. The first-order valence-corrected chi connectivity index (χ1v) is 5.31. The quantitative estimate of drug-likeness (QED) is 0.827. The summed E-state index contributed by atoms with van der Waals surface area (Å²) in [7, 11) is 0. The summed E-state index contributed by atoms with van der Waals surface area (Å²) in [5, 5.41) is 9.22. The van der Waals surface area contributed by atoms with Gasteiger partial charge < -0.3 is 9.67 Å². The summed E-state index contributed by atoms with van der Waals surface area (Å²) in [6, 6.07) is 1.89. The van der Waals surface area contributed by atoms with Gasteiger partial charge in [0, 0.05) is 12.1 Å². The molecule has 0 spiro atoms. The van der Waals surface area contributed by atoms with Crippen molar-refractivity contribution in [3.63, 3.8) is 0 Å². The second kappa shape index (κ2) is 3.29. The van der Waals surface area contributed by atoms with Gasteiger partial charge in [0.25, 0.3) is 0 Å². The van der Waals surface area contributed by atoms with Crippen LogP contribution in [0.3, 0.4) is 0 Å². The topological polar surface area (TPSA) is 42.2 Å². The van der Waals surface area contributed by atoms with Crippen molar-refractivity contribution in [2.75, 3.05) is 0 Å². The van der Waals surface area contributed by atoms with Gasteiger partial charge in [0.05, 0.1) is 17.1 Å². The van der Waals surface area contributed by atoms with E-state index in [-0.39, 0.29) is 16.9 Å². The van der Waals surface area contributed by atoms with Gasteiger partial charge in [0.15, 0.2) is 5.75 Å². The molecule has 1 aromatic heterocycles. The van der Waals surface area contributed by atoms with Gasteiger partial charge >= 0.3 is 0 Å². The minimum atomic E-state index is -0.935. The second-order valence-electron chi connectivity index (χ2n) is 4.26.